The van der Waals surface area contributed by atoms with Crippen molar-refractivity contribution in [2.45, 2.75) is 29.1 Å². The maximum absolute atomic E-state index is 11.9. The summed E-state index contributed by atoms with van der Waals surface area (Å²) >= 11 is -0.0930. The number of nitrogens with two attached hydrogens (primary N) is 1. The Labute approximate surface area is 146 Å². The summed E-state index contributed by atoms with van der Waals surface area (Å²) in [5.74, 6) is 1.80. The monoisotopic (exact) mass is 441 g/mol. The normalized spacial score (nSPS) is 27.2. The van der Waals surface area contributed by atoms with Gasteiger partial charge in [-0.05, 0) is 0 Å². The summed E-state index contributed by atoms with van der Waals surface area (Å²) in [7, 11) is -4.68. The third-order valence-corrected chi connectivity index (χ3v) is 6.42. The Morgan fingerprint density at radius 1 is 1.56 bits per heavy atom. The number of hydrogen-bond acceptors (Lipinski definition) is 8. The number of nitrogen functional groups attached to an aromatic ring is 1. The van der Waals surface area contributed by atoms with Crippen molar-refractivity contribution in [3.8, 4) is 0 Å². The van der Waals surface area contributed by atoms with E-state index in [-0.39, 0.29) is 36.9 Å². The van der Waals surface area contributed by atoms with Crippen molar-refractivity contribution in [2.24, 2.45) is 0 Å². The minimum atomic E-state index is -4.68. The van der Waals surface area contributed by atoms with E-state index in [1.165, 1.54) is 10.9 Å². The molecular formula is C11H16N5O7PSe. The van der Waals surface area contributed by atoms with Crippen molar-refractivity contribution in [1.82, 2.24) is 19.5 Å². The molecule has 0 unspecified atom stereocenters. The minimum absolute atomic E-state index is 0.0737. The number of nitrogens with one attached hydrogen (secondary N) is 1. The molecule has 1 aliphatic heterocycles. The van der Waals surface area contributed by atoms with E-state index in [4.69, 9.17) is 20.3 Å². The SMILES string of the molecule is C[Se][C@H]1[C@H](O)[C@@H](COP(=O)(O)O)O[C@H]1n1cnc2c(=O)[nH]c(N)nc21. The molecule has 1 saturated heterocycles. The molecule has 3 rings (SSSR count). The van der Waals surface area contributed by atoms with Gasteiger partial charge in [-0.3, -0.25) is 0 Å². The van der Waals surface area contributed by atoms with Crippen LogP contribution >= 0.6 is 7.82 Å². The molecule has 2 aromatic heterocycles. The van der Waals surface area contributed by atoms with Gasteiger partial charge in [0.05, 0.1) is 0 Å². The second kappa shape index (κ2) is 6.78. The first-order valence-electron chi connectivity index (χ1n) is 7.00. The zero-order chi connectivity index (χ0) is 18.4. The molecule has 12 nitrogen and oxygen atoms in total. The number of hydrogen-bond donors (Lipinski definition) is 5. The fraction of sp³-hybridized carbons (Fsp3) is 0.545. The van der Waals surface area contributed by atoms with Gasteiger partial charge < -0.3 is 0 Å². The third kappa shape index (κ3) is 3.64. The molecule has 1 fully saturated rings. The number of H-pyrrole nitrogens is 1. The predicted molar refractivity (Wildman–Crippen MR) is 85.8 cm³/mol. The van der Waals surface area contributed by atoms with Crippen LogP contribution in [0.3, 0.4) is 0 Å². The average Bonchev–Trinajstić information content (AvgIpc) is 3.05. The van der Waals surface area contributed by atoms with Gasteiger partial charge in [-0.1, -0.05) is 0 Å². The molecule has 6 N–H and O–H groups in total. The van der Waals surface area contributed by atoms with E-state index in [1.807, 2.05) is 5.82 Å². The van der Waals surface area contributed by atoms with Gasteiger partial charge in [0, 0.05) is 0 Å². The summed E-state index contributed by atoms with van der Waals surface area (Å²) < 4.78 is 22.5. The molecule has 2 aromatic rings. The Hall–Kier alpha value is -1.30. The van der Waals surface area contributed by atoms with Crippen molar-refractivity contribution in [2.75, 3.05) is 12.3 Å². The summed E-state index contributed by atoms with van der Waals surface area (Å²) in [5.41, 5.74) is 5.34. The van der Waals surface area contributed by atoms with Gasteiger partial charge in [0.2, 0.25) is 0 Å². The van der Waals surface area contributed by atoms with Gasteiger partial charge in [-0.15, -0.1) is 0 Å². The van der Waals surface area contributed by atoms with Crippen molar-refractivity contribution in [3.63, 3.8) is 0 Å². The predicted octanol–water partition coefficient (Wildman–Crippen LogP) is -1.39. The van der Waals surface area contributed by atoms with E-state index in [0.29, 0.717) is 0 Å². The Kier molecular flexibility index (Phi) is 5.02. The van der Waals surface area contributed by atoms with E-state index in [0.717, 1.165) is 0 Å². The van der Waals surface area contributed by atoms with Crippen LogP contribution in [-0.4, -0.2) is 68.2 Å². The summed E-state index contributed by atoms with van der Waals surface area (Å²) in [4.78, 5) is 39.5. The third-order valence-electron chi connectivity index (χ3n) is 3.72. The number of aliphatic hydroxyl groups is 1. The van der Waals surface area contributed by atoms with Crippen LogP contribution in [0.4, 0.5) is 5.95 Å². The van der Waals surface area contributed by atoms with E-state index < -0.39 is 38.4 Å². The molecule has 4 atom stereocenters. The van der Waals surface area contributed by atoms with Gasteiger partial charge >= 0.3 is 146 Å². The number of phosphoric acid groups is 1. The molecule has 0 aromatic carbocycles. The standard InChI is InChI=1S/C11H16N5O7PSe/c1-25-7-6(17)4(2-22-24(19,20)21)23-10(7)16-3-13-5-8(16)14-11(12)15-9(5)18/h3-4,6-7,10,17H,2H2,1H3,(H2,19,20,21)(H3,12,14,15,18)/t4-,6-,7+,10-/m1/s1. The molecule has 25 heavy (non-hydrogen) atoms. The van der Waals surface area contributed by atoms with Crippen molar-refractivity contribution < 1.29 is 28.7 Å². The van der Waals surface area contributed by atoms with E-state index in [2.05, 4.69) is 19.5 Å². The van der Waals surface area contributed by atoms with Gasteiger partial charge in [0.25, 0.3) is 0 Å². The number of fused-ring (bicyclic) bond motifs is 1. The van der Waals surface area contributed by atoms with Crippen LogP contribution in [0.25, 0.3) is 11.2 Å². The number of nitrogens with zero attached hydrogens (tertiary/aromatic N) is 3. The molecule has 14 heteroatoms. The first-order valence-corrected chi connectivity index (χ1v) is 11.2. The van der Waals surface area contributed by atoms with Gasteiger partial charge in [-0.2, -0.15) is 0 Å². The number of aliphatic hydroxyl groups excluding tert-OH is 1. The second-order valence-electron chi connectivity index (χ2n) is 5.32. The quantitative estimate of drug-likeness (QED) is 0.274. The van der Waals surface area contributed by atoms with Crippen LogP contribution in [-0.2, 0) is 13.8 Å². The topological polar surface area (TPSA) is 186 Å². The molecule has 3 heterocycles. The van der Waals surface area contributed by atoms with Crippen molar-refractivity contribution >= 4 is 39.9 Å². The number of aromatic nitrogens is 4. The van der Waals surface area contributed by atoms with Gasteiger partial charge in [0.1, 0.15) is 0 Å². The zero-order valence-electron chi connectivity index (χ0n) is 12.8. The summed E-state index contributed by atoms with van der Waals surface area (Å²) in [6.07, 6.45) is -1.31. The van der Waals surface area contributed by atoms with Gasteiger partial charge in [-0.25, -0.2) is 0 Å². The molecule has 0 bridgehead atoms. The number of rotatable bonds is 5. The summed E-state index contributed by atoms with van der Waals surface area (Å²) in [6, 6.07) is 0. The van der Waals surface area contributed by atoms with Crippen LogP contribution in [0.1, 0.15) is 6.23 Å². The van der Waals surface area contributed by atoms with Crippen LogP contribution < -0.4 is 11.3 Å². The zero-order valence-corrected chi connectivity index (χ0v) is 15.5. The van der Waals surface area contributed by atoms with Crippen molar-refractivity contribution in [3.05, 3.63) is 16.7 Å². The Morgan fingerprint density at radius 2 is 2.28 bits per heavy atom. The number of aromatic amines is 1. The fourth-order valence-electron chi connectivity index (χ4n) is 2.63. The number of anilines is 1. The molecule has 0 spiro atoms. The van der Waals surface area contributed by atoms with Crippen molar-refractivity contribution in [1.29, 1.82) is 0 Å². The van der Waals surface area contributed by atoms with Crippen LogP contribution in [0.2, 0.25) is 10.6 Å². The molecular weight excluding hydrogens is 424 g/mol. The molecule has 0 aliphatic carbocycles. The van der Waals surface area contributed by atoms with Gasteiger partial charge in [0.15, 0.2) is 0 Å². The molecule has 0 saturated carbocycles. The molecule has 1 aliphatic rings. The first kappa shape index (κ1) is 18.5. The summed E-state index contributed by atoms with van der Waals surface area (Å²) in [6.45, 7) is -0.475. The second-order valence-corrected chi connectivity index (χ2v) is 8.69. The number of imidazole rings is 1. The Balaban J connectivity index is 1.94. The molecule has 0 radical (unpaired) electrons. The van der Waals surface area contributed by atoms with Crippen LogP contribution in [0.5, 0.6) is 0 Å². The Bertz CT molecular complexity index is 881. The van der Waals surface area contributed by atoms with Crippen LogP contribution in [0.15, 0.2) is 11.1 Å². The fourth-order valence-corrected chi connectivity index (χ4v) is 4.83. The Morgan fingerprint density at radius 3 is 2.92 bits per heavy atom. The summed E-state index contributed by atoms with van der Waals surface area (Å²) in [5, 5.41) is 10.4. The number of phosphoric ester groups is 1. The van der Waals surface area contributed by atoms with E-state index in [9.17, 15) is 14.5 Å². The maximum atomic E-state index is 11.9. The average molecular weight is 440 g/mol. The number of ether oxygens (including phenoxy) is 1. The molecule has 0 amide bonds. The van der Waals surface area contributed by atoms with Crippen LogP contribution in [0, 0.1) is 0 Å². The molecule has 138 valence electrons. The van der Waals surface area contributed by atoms with E-state index in [1.54, 1.807) is 0 Å². The van der Waals surface area contributed by atoms with E-state index >= 15 is 0 Å². The first-order chi connectivity index (χ1) is 11.7.